The lowest BCUT2D eigenvalue weighted by atomic mass is 9.92. The van der Waals surface area contributed by atoms with E-state index in [0.717, 1.165) is 19.5 Å². The summed E-state index contributed by atoms with van der Waals surface area (Å²) in [6, 6.07) is 6.65. The first-order valence-corrected chi connectivity index (χ1v) is 9.73. The quantitative estimate of drug-likeness (QED) is 0.910. The summed E-state index contributed by atoms with van der Waals surface area (Å²) >= 11 is 0. The van der Waals surface area contributed by atoms with Gasteiger partial charge in [-0.05, 0) is 70.2 Å². The van der Waals surface area contributed by atoms with Gasteiger partial charge in [0, 0.05) is 6.42 Å². The summed E-state index contributed by atoms with van der Waals surface area (Å²) in [5, 5.41) is 3.39. The van der Waals surface area contributed by atoms with Gasteiger partial charge in [-0.25, -0.2) is 0 Å². The van der Waals surface area contributed by atoms with Gasteiger partial charge in [0.05, 0.1) is 19.2 Å². The zero-order valence-corrected chi connectivity index (χ0v) is 15.9. The molecule has 0 saturated carbocycles. The van der Waals surface area contributed by atoms with Crippen molar-refractivity contribution in [1.82, 2.24) is 10.2 Å². The molecule has 3 rings (SSSR count). The van der Waals surface area contributed by atoms with E-state index in [-0.39, 0.29) is 12.1 Å². The Hall–Kier alpha value is -1.39. The number of morpholine rings is 1. The number of carbonyl (C=O) groups excluding carboxylic acids is 1. The van der Waals surface area contributed by atoms with Crippen molar-refractivity contribution < 1.29 is 9.53 Å². The van der Waals surface area contributed by atoms with E-state index in [1.165, 1.54) is 29.5 Å². The third kappa shape index (κ3) is 4.62. The van der Waals surface area contributed by atoms with Crippen LogP contribution in [-0.4, -0.2) is 43.1 Å². The van der Waals surface area contributed by atoms with Crippen molar-refractivity contribution in [3.05, 3.63) is 34.9 Å². The molecule has 0 bridgehead atoms. The number of hydrogen-bond donors (Lipinski definition) is 1. The first kappa shape index (κ1) is 18.4. The van der Waals surface area contributed by atoms with Crippen molar-refractivity contribution in [2.75, 3.05) is 26.2 Å². The van der Waals surface area contributed by atoms with Crippen molar-refractivity contribution in [2.24, 2.45) is 5.92 Å². The van der Waals surface area contributed by atoms with Gasteiger partial charge in [0.25, 0.3) is 0 Å². The highest BCUT2D eigenvalue weighted by Crippen LogP contribution is 2.29. The Kier molecular flexibility index (Phi) is 6.13. The monoisotopic (exact) mass is 344 g/mol. The van der Waals surface area contributed by atoms with Crippen LogP contribution in [0.4, 0.5) is 0 Å². The lowest BCUT2D eigenvalue weighted by Crippen LogP contribution is -2.48. The number of piperidine rings is 1. The predicted octanol–water partition coefficient (Wildman–Crippen LogP) is 3.37. The number of benzene rings is 1. The number of hydrogen-bond acceptors (Lipinski definition) is 3. The van der Waals surface area contributed by atoms with Crippen molar-refractivity contribution in [3.8, 4) is 0 Å². The number of ether oxygens (including phenoxy) is 1. The summed E-state index contributed by atoms with van der Waals surface area (Å²) in [6.07, 6.45) is 4.11. The summed E-state index contributed by atoms with van der Waals surface area (Å²) in [6.45, 7) is 9.83. The average Bonchev–Trinajstić information content (AvgIpc) is 2.63. The fraction of sp³-hybridized carbons (Fsp3) is 0.667. The summed E-state index contributed by atoms with van der Waals surface area (Å²) in [5.74, 6) is 1.00. The standard InChI is InChI=1S/C21H32N2O2/c1-15-4-5-16(2)19(12-15)20-13-23(17(3)14-25-20)21(24)7-6-18-8-10-22-11-9-18/h4-5,12,17-18,20,22H,6-11,13-14H2,1-3H3/t17-,20+/m0/s1. The van der Waals surface area contributed by atoms with Crippen LogP contribution >= 0.6 is 0 Å². The molecular formula is C21H32N2O2. The highest BCUT2D eigenvalue weighted by atomic mass is 16.5. The van der Waals surface area contributed by atoms with Crippen LogP contribution in [0.5, 0.6) is 0 Å². The molecule has 2 atom stereocenters. The van der Waals surface area contributed by atoms with E-state index >= 15 is 0 Å². The maximum atomic E-state index is 12.8. The van der Waals surface area contributed by atoms with Crippen molar-refractivity contribution in [1.29, 1.82) is 0 Å². The lowest BCUT2D eigenvalue weighted by Gasteiger charge is -2.39. The Labute approximate surface area is 151 Å². The van der Waals surface area contributed by atoms with Crippen LogP contribution in [-0.2, 0) is 9.53 Å². The molecule has 1 aromatic carbocycles. The Bertz CT molecular complexity index is 596. The van der Waals surface area contributed by atoms with Crippen LogP contribution in [0.25, 0.3) is 0 Å². The largest absolute Gasteiger partial charge is 0.370 e. The van der Waals surface area contributed by atoms with Gasteiger partial charge in [-0.1, -0.05) is 23.8 Å². The summed E-state index contributed by atoms with van der Waals surface area (Å²) < 4.78 is 6.08. The average molecular weight is 344 g/mol. The number of nitrogens with zero attached hydrogens (tertiary/aromatic N) is 1. The van der Waals surface area contributed by atoms with Gasteiger partial charge < -0.3 is 15.0 Å². The van der Waals surface area contributed by atoms with Gasteiger partial charge in [0.1, 0.15) is 6.10 Å². The summed E-state index contributed by atoms with van der Waals surface area (Å²) in [4.78, 5) is 14.9. The van der Waals surface area contributed by atoms with E-state index < -0.39 is 0 Å². The molecular weight excluding hydrogens is 312 g/mol. The molecule has 2 aliphatic rings. The molecule has 2 fully saturated rings. The molecule has 1 amide bonds. The summed E-state index contributed by atoms with van der Waals surface area (Å²) in [7, 11) is 0. The number of carbonyl (C=O) groups is 1. The maximum absolute atomic E-state index is 12.8. The molecule has 4 heteroatoms. The van der Waals surface area contributed by atoms with Gasteiger partial charge in [0.2, 0.25) is 5.91 Å². The number of aryl methyl sites for hydroxylation is 2. The Balaban J connectivity index is 1.61. The number of nitrogens with one attached hydrogen (secondary N) is 1. The van der Waals surface area contributed by atoms with Crippen molar-refractivity contribution >= 4 is 5.91 Å². The molecule has 25 heavy (non-hydrogen) atoms. The van der Waals surface area contributed by atoms with E-state index in [4.69, 9.17) is 4.74 Å². The number of rotatable bonds is 4. The Morgan fingerprint density at radius 3 is 2.80 bits per heavy atom. The SMILES string of the molecule is Cc1ccc(C)c([C@H]2CN(C(=O)CCC3CCNCC3)[C@@H](C)CO2)c1. The lowest BCUT2D eigenvalue weighted by molar-refractivity contribution is -0.144. The molecule has 1 N–H and O–H groups in total. The van der Waals surface area contributed by atoms with E-state index in [1.54, 1.807) is 0 Å². The highest BCUT2D eigenvalue weighted by Gasteiger charge is 2.31. The minimum atomic E-state index is -0.000990. The van der Waals surface area contributed by atoms with Gasteiger partial charge in [-0.15, -0.1) is 0 Å². The minimum absolute atomic E-state index is 0.000990. The Morgan fingerprint density at radius 2 is 2.04 bits per heavy atom. The van der Waals surface area contributed by atoms with Crippen LogP contribution in [0, 0.1) is 19.8 Å². The van der Waals surface area contributed by atoms with Gasteiger partial charge in [-0.2, -0.15) is 0 Å². The highest BCUT2D eigenvalue weighted by molar-refractivity contribution is 5.76. The molecule has 0 aromatic heterocycles. The third-order valence-electron chi connectivity index (χ3n) is 5.76. The second-order valence-corrected chi connectivity index (χ2v) is 7.81. The zero-order chi connectivity index (χ0) is 17.8. The first-order valence-electron chi connectivity index (χ1n) is 9.73. The molecule has 0 spiro atoms. The second-order valence-electron chi connectivity index (χ2n) is 7.81. The van der Waals surface area contributed by atoms with E-state index in [0.29, 0.717) is 31.4 Å². The molecule has 2 heterocycles. The topological polar surface area (TPSA) is 41.6 Å². The minimum Gasteiger partial charge on any atom is -0.370 e. The van der Waals surface area contributed by atoms with Crippen LogP contribution in [0.3, 0.4) is 0 Å². The van der Waals surface area contributed by atoms with Crippen LogP contribution < -0.4 is 5.32 Å². The normalized spacial score (nSPS) is 25.2. The number of amides is 1. The van der Waals surface area contributed by atoms with E-state index in [2.05, 4.69) is 49.2 Å². The Morgan fingerprint density at radius 1 is 1.28 bits per heavy atom. The molecule has 2 saturated heterocycles. The zero-order valence-electron chi connectivity index (χ0n) is 15.9. The van der Waals surface area contributed by atoms with Crippen molar-refractivity contribution in [3.63, 3.8) is 0 Å². The second kappa shape index (κ2) is 8.33. The molecule has 0 unspecified atom stereocenters. The van der Waals surface area contributed by atoms with Gasteiger partial charge in [-0.3, -0.25) is 4.79 Å². The molecule has 2 aliphatic heterocycles. The van der Waals surface area contributed by atoms with E-state index in [9.17, 15) is 4.79 Å². The predicted molar refractivity (Wildman–Crippen MR) is 101 cm³/mol. The van der Waals surface area contributed by atoms with Gasteiger partial charge >= 0.3 is 0 Å². The molecule has 138 valence electrons. The molecule has 4 nitrogen and oxygen atoms in total. The smallest absolute Gasteiger partial charge is 0.222 e. The third-order valence-corrected chi connectivity index (χ3v) is 5.76. The van der Waals surface area contributed by atoms with E-state index in [1.807, 2.05) is 0 Å². The van der Waals surface area contributed by atoms with Crippen molar-refractivity contribution in [2.45, 2.75) is 58.6 Å². The van der Waals surface area contributed by atoms with Crippen LogP contribution in [0.1, 0.15) is 55.4 Å². The van der Waals surface area contributed by atoms with Crippen LogP contribution in [0.2, 0.25) is 0 Å². The molecule has 0 radical (unpaired) electrons. The molecule has 0 aliphatic carbocycles. The van der Waals surface area contributed by atoms with Crippen LogP contribution in [0.15, 0.2) is 18.2 Å². The maximum Gasteiger partial charge on any atom is 0.222 e. The fourth-order valence-corrected chi connectivity index (χ4v) is 4.04. The van der Waals surface area contributed by atoms with Gasteiger partial charge in [0.15, 0.2) is 0 Å². The fourth-order valence-electron chi connectivity index (χ4n) is 4.04. The summed E-state index contributed by atoms with van der Waals surface area (Å²) in [5.41, 5.74) is 3.71. The molecule has 1 aromatic rings. The first-order chi connectivity index (χ1) is 12.0.